The van der Waals surface area contributed by atoms with Gasteiger partial charge in [-0.15, -0.1) is 0 Å². The molecular weight excluding hydrogens is 197 g/mol. The summed E-state index contributed by atoms with van der Waals surface area (Å²) in [5, 5.41) is 0. The van der Waals surface area contributed by atoms with Gasteiger partial charge in [-0.05, 0) is 6.07 Å². The van der Waals surface area contributed by atoms with Crippen molar-refractivity contribution in [3.8, 4) is 0 Å². The van der Waals surface area contributed by atoms with E-state index in [1.807, 2.05) is 0 Å². The van der Waals surface area contributed by atoms with Gasteiger partial charge in [0.25, 0.3) is 0 Å². The van der Waals surface area contributed by atoms with Crippen LogP contribution in [-0.4, -0.2) is 12.1 Å². The van der Waals surface area contributed by atoms with E-state index in [0.29, 0.717) is 0 Å². The number of rotatable bonds is 2. The maximum Gasteiger partial charge on any atom is 0.418 e. The first-order chi connectivity index (χ1) is 6.45. The number of ether oxygens (including phenoxy) is 1. The zero-order valence-electron chi connectivity index (χ0n) is 7.43. The summed E-state index contributed by atoms with van der Waals surface area (Å²) in [7, 11) is 1.30. The lowest BCUT2D eigenvalue weighted by molar-refractivity contribution is -0.139. The Kier molecular flexibility index (Phi) is 2.95. The van der Waals surface area contributed by atoms with Gasteiger partial charge in [-0.3, -0.25) is 4.98 Å². The second kappa shape index (κ2) is 3.83. The van der Waals surface area contributed by atoms with Crippen LogP contribution in [0.15, 0.2) is 12.3 Å². The van der Waals surface area contributed by atoms with Crippen LogP contribution in [0.1, 0.15) is 11.3 Å². The molecule has 2 N–H and O–H groups in total. The number of nitrogen functional groups attached to an aromatic ring is 1. The molecule has 6 heteroatoms. The van der Waals surface area contributed by atoms with E-state index in [1.54, 1.807) is 0 Å². The third kappa shape index (κ3) is 2.35. The number of aromatic nitrogens is 1. The van der Waals surface area contributed by atoms with Crippen LogP contribution in [0, 0.1) is 0 Å². The molecule has 0 atom stereocenters. The predicted molar refractivity (Wildman–Crippen MR) is 44.4 cm³/mol. The molecule has 0 radical (unpaired) electrons. The van der Waals surface area contributed by atoms with Crippen molar-refractivity contribution >= 4 is 5.69 Å². The summed E-state index contributed by atoms with van der Waals surface area (Å²) >= 11 is 0. The summed E-state index contributed by atoms with van der Waals surface area (Å²) in [6.07, 6.45) is -3.28. The van der Waals surface area contributed by atoms with Crippen molar-refractivity contribution in [2.75, 3.05) is 12.8 Å². The quantitative estimate of drug-likeness (QED) is 0.802. The molecular formula is C8H9F3N2O. The van der Waals surface area contributed by atoms with E-state index in [-0.39, 0.29) is 18.0 Å². The van der Waals surface area contributed by atoms with Crippen LogP contribution < -0.4 is 5.73 Å². The first-order valence-electron chi connectivity index (χ1n) is 3.75. The van der Waals surface area contributed by atoms with Crippen LogP contribution in [-0.2, 0) is 17.5 Å². The molecule has 0 saturated heterocycles. The highest BCUT2D eigenvalue weighted by Gasteiger charge is 2.34. The minimum Gasteiger partial charge on any atom is -0.397 e. The Balaban J connectivity index is 3.16. The van der Waals surface area contributed by atoms with E-state index in [4.69, 9.17) is 5.73 Å². The topological polar surface area (TPSA) is 48.1 Å². The Morgan fingerprint density at radius 2 is 2.14 bits per heavy atom. The molecule has 1 aromatic heterocycles. The molecule has 1 rings (SSSR count). The molecule has 0 aliphatic carbocycles. The molecule has 78 valence electrons. The SMILES string of the molecule is COCc1ncc(N)cc1C(F)(F)F. The van der Waals surface area contributed by atoms with E-state index in [1.165, 1.54) is 13.3 Å². The van der Waals surface area contributed by atoms with Crippen molar-refractivity contribution in [2.24, 2.45) is 0 Å². The van der Waals surface area contributed by atoms with Gasteiger partial charge < -0.3 is 10.5 Å². The largest absolute Gasteiger partial charge is 0.418 e. The average Bonchev–Trinajstić information content (AvgIpc) is 2.07. The monoisotopic (exact) mass is 206 g/mol. The van der Waals surface area contributed by atoms with Gasteiger partial charge in [-0.2, -0.15) is 13.2 Å². The highest BCUT2D eigenvalue weighted by Crippen LogP contribution is 2.32. The third-order valence-electron chi connectivity index (χ3n) is 1.58. The average molecular weight is 206 g/mol. The smallest absolute Gasteiger partial charge is 0.397 e. The van der Waals surface area contributed by atoms with Crippen LogP contribution >= 0.6 is 0 Å². The van der Waals surface area contributed by atoms with Crippen molar-refractivity contribution in [3.63, 3.8) is 0 Å². The molecule has 0 bridgehead atoms. The highest BCUT2D eigenvalue weighted by molar-refractivity contribution is 5.41. The van der Waals surface area contributed by atoms with Gasteiger partial charge in [0.1, 0.15) is 0 Å². The molecule has 0 saturated carbocycles. The lowest BCUT2D eigenvalue weighted by Crippen LogP contribution is -2.12. The Labute approximate surface area is 78.7 Å². The molecule has 0 unspecified atom stereocenters. The van der Waals surface area contributed by atoms with E-state index in [2.05, 4.69) is 9.72 Å². The fraction of sp³-hybridized carbons (Fsp3) is 0.375. The molecule has 0 spiro atoms. The second-order valence-electron chi connectivity index (χ2n) is 2.69. The molecule has 3 nitrogen and oxygen atoms in total. The van der Waals surface area contributed by atoms with E-state index >= 15 is 0 Å². The number of halogens is 3. The number of anilines is 1. The summed E-state index contributed by atoms with van der Waals surface area (Å²) in [4.78, 5) is 3.56. The highest BCUT2D eigenvalue weighted by atomic mass is 19.4. The zero-order valence-corrected chi connectivity index (χ0v) is 7.43. The van der Waals surface area contributed by atoms with E-state index in [9.17, 15) is 13.2 Å². The molecule has 1 aromatic rings. The van der Waals surface area contributed by atoms with Gasteiger partial charge in [0, 0.05) is 7.11 Å². The number of alkyl halides is 3. The molecule has 0 amide bonds. The molecule has 0 fully saturated rings. The van der Waals surface area contributed by atoms with Gasteiger partial charge in [0.15, 0.2) is 0 Å². The Morgan fingerprint density at radius 1 is 1.50 bits per heavy atom. The third-order valence-corrected chi connectivity index (χ3v) is 1.58. The first-order valence-corrected chi connectivity index (χ1v) is 3.75. The van der Waals surface area contributed by atoms with Gasteiger partial charge >= 0.3 is 6.18 Å². The van der Waals surface area contributed by atoms with Gasteiger partial charge in [0.2, 0.25) is 0 Å². The first kappa shape index (κ1) is 10.8. The molecule has 1 heterocycles. The van der Waals surface area contributed by atoms with E-state index < -0.39 is 11.7 Å². The number of methoxy groups -OCH3 is 1. The van der Waals surface area contributed by atoms with Gasteiger partial charge in [0.05, 0.1) is 29.7 Å². The molecule has 0 aromatic carbocycles. The van der Waals surface area contributed by atoms with Crippen LogP contribution in [0.2, 0.25) is 0 Å². The predicted octanol–water partition coefficient (Wildman–Crippen LogP) is 1.83. The molecule has 0 aliphatic heterocycles. The summed E-state index contributed by atoms with van der Waals surface area (Å²) in [6.45, 7) is -0.185. The lowest BCUT2D eigenvalue weighted by Gasteiger charge is -2.11. The minimum absolute atomic E-state index is 0.0165. The number of nitrogens with zero attached hydrogens (tertiary/aromatic N) is 1. The normalized spacial score (nSPS) is 11.7. The summed E-state index contributed by atoms with van der Waals surface area (Å²) in [6, 6.07) is 0.849. The van der Waals surface area contributed by atoms with Crippen LogP contribution in [0.3, 0.4) is 0 Å². The lowest BCUT2D eigenvalue weighted by atomic mass is 10.2. The van der Waals surface area contributed by atoms with Gasteiger partial charge in [-0.25, -0.2) is 0 Å². The number of hydrogen-bond acceptors (Lipinski definition) is 3. The molecule has 14 heavy (non-hydrogen) atoms. The van der Waals surface area contributed by atoms with Crippen molar-refractivity contribution in [2.45, 2.75) is 12.8 Å². The molecule has 0 aliphatic rings. The van der Waals surface area contributed by atoms with Crippen molar-refractivity contribution in [1.82, 2.24) is 4.98 Å². The van der Waals surface area contributed by atoms with Gasteiger partial charge in [-0.1, -0.05) is 0 Å². The summed E-state index contributed by atoms with van der Waals surface area (Å²) < 4.78 is 41.8. The Bertz CT molecular complexity index is 325. The number of hydrogen-bond donors (Lipinski definition) is 1. The summed E-state index contributed by atoms with van der Waals surface area (Å²) in [5.41, 5.74) is 4.19. The van der Waals surface area contributed by atoms with Crippen molar-refractivity contribution < 1.29 is 17.9 Å². The second-order valence-corrected chi connectivity index (χ2v) is 2.69. The van der Waals surface area contributed by atoms with Crippen molar-refractivity contribution in [1.29, 1.82) is 0 Å². The van der Waals surface area contributed by atoms with Crippen LogP contribution in [0.25, 0.3) is 0 Å². The Hall–Kier alpha value is -1.30. The zero-order chi connectivity index (χ0) is 10.8. The summed E-state index contributed by atoms with van der Waals surface area (Å²) in [5.74, 6) is 0. The maximum atomic E-state index is 12.4. The fourth-order valence-electron chi connectivity index (χ4n) is 1.01. The van der Waals surface area contributed by atoms with E-state index in [0.717, 1.165) is 6.07 Å². The van der Waals surface area contributed by atoms with Crippen LogP contribution in [0.5, 0.6) is 0 Å². The minimum atomic E-state index is -4.45. The number of nitrogens with two attached hydrogens (primary N) is 1. The van der Waals surface area contributed by atoms with Crippen LogP contribution in [0.4, 0.5) is 18.9 Å². The maximum absolute atomic E-state index is 12.4. The standard InChI is InChI=1S/C8H9F3N2O/c1-14-4-7-6(8(9,10)11)2-5(12)3-13-7/h2-3H,4,12H2,1H3. The fourth-order valence-corrected chi connectivity index (χ4v) is 1.01. The Morgan fingerprint density at radius 3 is 2.64 bits per heavy atom. The van der Waals surface area contributed by atoms with Crippen molar-refractivity contribution in [3.05, 3.63) is 23.5 Å². The number of pyridine rings is 1.